The summed E-state index contributed by atoms with van der Waals surface area (Å²) in [7, 11) is 1.69. The molecule has 0 aromatic carbocycles. The third kappa shape index (κ3) is 2.69. The first-order chi connectivity index (χ1) is 6.54. The predicted molar refractivity (Wildman–Crippen MR) is 53.2 cm³/mol. The van der Waals surface area contributed by atoms with Gasteiger partial charge in [-0.25, -0.2) is 0 Å². The molecule has 0 saturated heterocycles. The number of carboxylic acids is 1. The molecule has 1 aliphatic carbocycles. The molecule has 0 aliphatic heterocycles. The van der Waals surface area contributed by atoms with E-state index in [-0.39, 0.29) is 5.92 Å². The Morgan fingerprint density at radius 3 is 2.43 bits per heavy atom. The van der Waals surface area contributed by atoms with Gasteiger partial charge in [-0.1, -0.05) is 13.8 Å². The first-order valence-corrected chi connectivity index (χ1v) is 5.06. The van der Waals surface area contributed by atoms with Gasteiger partial charge in [-0.2, -0.15) is 0 Å². The molecular formula is C10H19NO3. The van der Waals surface area contributed by atoms with Crippen LogP contribution in [0, 0.1) is 5.92 Å². The van der Waals surface area contributed by atoms with Crippen molar-refractivity contribution >= 4 is 5.97 Å². The molecule has 1 rings (SSSR count). The summed E-state index contributed by atoms with van der Waals surface area (Å²) in [4.78, 5) is 10.9. The minimum Gasteiger partial charge on any atom is -0.480 e. The number of carboxylic acid groups (broad SMARTS) is 1. The van der Waals surface area contributed by atoms with Crippen LogP contribution in [0.2, 0.25) is 0 Å². The Morgan fingerprint density at radius 1 is 1.50 bits per heavy atom. The summed E-state index contributed by atoms with van der Waals surface area (Å²) >= 11 is 0. The van der Waals surface area contributed by atoms with Gasteiger partial charge in [0.15, 0.2) is 0 Å². The topological polar surface area (TPSA) is 58.6 Å². The van der Waals surface area contributed by atoms with E-state index in [9.17, 15) is 4.79 Å². The van der Waals surface area contributed by atoms with Crippen molar-refractivity contribution in [2.75, 3.05) is 7.11 Å². The molecule has 0 aromatic heterocycles. The van der Waals surface area contributed by atoms with Gasteiger partial charge < -0.3 is 15.2 Å². The fraction of sp³-hybridized carbons (Fsp3) is 0.900. The Hall–Kier alpha value is -0.610. The summed E-state index contributed by atoms with van der Waals surface area (Å²) in [6.45, 7) is 3.83. The highest BCUT2D eigenvalue weighted by Gasteiger charge is 2.33. The Bertz CT molecular complexity index is 200. The van der Waals surface area contributed by atoms with Crippen LogP contribution in [0.25, 0.3) is 0 Å². The molecule has 0 radical (unpaired) electrons. The van der Waals surface area contributed by atoms with Crippen molar-refractivity contribution in [1.29, 1.82) is 0 Å². The van der Waals surface area contributed by atoms with Crippen molar-refractivity contribution in [3.05, 3.63) is 0 Å². The van der Waals surface area contributed by atoms with Crippen LogP contribution < -0.4 is 5.32 Å². The summed E-state index contributed by atoms with van der Waals surface area (Å²) in [6, 6.07) is -0.124. The molecule has 14 heavy (non-hydrogen) atoms. The van der Waals surface area contributed by atoms with Crippen LogP contribution in [-0.4, -0.2) is 36.4 Å². The molecule has 1 unspecified atom stereocenters. The van der Waals surface area contributed by atoms with E-state index in [1.54, 1.807) is 7.11 Å². The molecule has 1 aliphatic rings. The van der Waals surface area contributed by atoms with Crippen LogP contribution >= 0.6 is 0 Å². The van der Waals surface area contributed by atoms with Gasteiger partial charge in [-0.05, 0) is 18.8 Å². The van der Waals surface area contributed by atoms with Crippen molar-refractivity contribution in [3.63, 3.8) is 0 Å². The second-order valence-corrected chi connectivity index (χ2v) is 4.25. The summed E-state index contributed by atoms with van der Waals surface area (Å²) in [5, 5.41) is 12.1. The first kappa shape index (κ1) is 11.5. The van der Waals surface area contributed by atoms with Gasteiger partial charge in [-0.3, -0.25) is 4.79 Å². The van der Waals surface area contributed by atoms with Crippen molar-refractivity contribution in [2.45, 2.75) is 44.9 Å². The number of rotatable bonds is 5. The molecule has 0 amide bonds. The summed E-state index contributed by atoms with van der Waals surface area (Å²) in [6.07, 6.45) is 2.16. The molecule has 0 bridgehead atoms. The van der Waals surface area contributed by atoms with Crippen molar-refractivity contribution in [2.24, 2.45) is 5.92 Å². The number of methoxy groups -OCH3 is 1. The maximum Gasteiger partial charge on any atom is 0.320 e. The Balaban J connectivity index is 2.32. The SMILES string of the molecule is COC1CC(NC(C(=O)O)C(C)C)C1. The van der Waals surface area contributed by atoms with E-state index >= 15 is 0 Å². The molecule has 4 heteroatoms. The standard InChI is InChI=1S/C10H19NO3/c1-6(2)9(10(12)13)11-7-4-8(5-7)14-3/h6-9,11H,4-5H2,1-3H3,(H,12,13). The average molecular weight is 201 g/mol. The van der Waals surface area contributed by atoms with E-state index in [1.165, 1.54) is 0 Å². The fourth-order valence-electron chi connectivity index (χ4n) is 1.70. The zero-order valence-electron chi connectivity index (χ0n) is 8.99. The molecule has 82 valence electrons. The van der Waals surface area contributed by atoms with E-state index in [0.29, 0.717) is 12.1 Å². The lowest BCUT2D eigenvalue weighted by Crippen LogP contribution is -2.53. The highest BCUT2D eigenvalue weighted by atomic mass is 16.5. The van der Waals surface area contributed by atoms with Crippen molar-refractivity contribution in [1.82, 2.24) is 5.32 Å². The van der Waals surface area contributed by atoms with Gasteiger partial charge in [0.05, 0.1) is 6.10 Å². The summed E-state index contributed by atoms with van der Waals surface area (Å²) in [5.41, 5.74) is 0. The third-order valence-electron chi connectivity index (χ3n) is 2.78. The van der Waals surface area contributed by atoms with Crippen LogP contribution in [-0.2, 0) is 9.53 Å². The van der Waals surface area contributed by atoms with Gasteiger partial charge in [0.2, 0.25) is 0 Å². The minimum atomic E-state index is -0.763. The lowest BCUT2D eigenvalue weighted by atomic mass is 9.87. The molecule has 1 fully saturated rings. The smallest absolute Gasteiger partial charge is 0.320 e. The molecular weight excluding hydrogens is 182 g/mol. The van der Waals surface area contributed by atoms with Gasteiger partial charge in [0, 0.05) is 13.2 Å². The lowest BCUT2D eigenvalue weighted by molar-refractivity contribution is -0.141. The van der Waals surface area contributed by atoms with E-state index in [2.05, 4.69) is 5.32 Å². The second-order valence-electron chi connectivity index (χ2n) is 4.25. The Morgan fingerprint density at radius 2 is 2.07 bits per heavy atom. The molecule has 0 spiro atoms. The molecule has 1 saturated carbocycles. The van der Waals surface area contributed by atoms with Gasteiger partial charge in [0.1, 0.15) is 6.04 Å². The van der Waals surface area contributed by atoms with Crippen molar-refractivity contribution in [3.8, 4) is 0 Å². The van der Waals surface area contributed by atoms with Crippen LogP contribution in [0.1, 0.15) is 26.7 Å². The largest absolute Gasteiger partial charge is 0.480 e. The number of ether oxygens (including phenoxy) is 1. The molecule has 1 atom stereocenters. The number of nitrogens with one attached hydrogen (secondary N) is 1. The zero-order valence-corrected chi connectivity index (χ0v) is 8.99. The monoisotopic (exact) mass is 201 g/mol. The summed E-state index contributed by atoms with van der Waals surface area (Å²) < 4.78 is 5.13. The number of hydrogen-bond acceptors (Lipinski definition) is 3. The van der Waals surface area contributed by atoms with Gasteiger partial charge in [-0.15, -0.1) is 0 Å². The number of carbonyl (C=O) groups is 1. The molecule has 0 aromatic rings. The number of hydrogen-bond donors (Lipinski definition) is 2. The van der Waals surface area contributed by atoms with Crippen molar-refractivity contribution < 1.29 is 14.6 Å². The quantitative estimate of drug-likeness (QED) is 0.692. The number of aliphatic carboxylic acids is 1. The minimum absolute atomic E-state index is 0.120. The van der Waals surface area contributed by atoms with Crippen LogP contribution in [0.15, 0.2) is 0 Å². The van der Waals surface area contributed by atoms with Gasteiger partial charge in [0.25, 0.3) is 0 Å². The van der Waals surface area contributed by atoms with E-state index < -0.39 is 12.0 Å². The predicted octanol–water partition coefficient (Wildman–Crippen LogP) is 0.863. The Kier molecular flexibility index (Phi) is 3.89. The molecule has 4 nitrogen and oxygen atoms in total. The molecule has 0 heterocycles. The zero-order chi connectivity index (χ0) is 10.7. The second kappa shape index (κ2) is 4.75. The Labute approximate surface area is 84.6 Å². The average Bonchev–Trinajstić information content (AvgIpc) is 2.00. The van der Waals surface area contributed by atoms with Crippen LogP contribution in [0.3, 0.4) is 0 Å². The normalized spacial score (nSPS) is 28.6. The lowest BCUT2D eigenvalue weighted by Gasteiger charge is -2.37. The maximum atomic E-state index is 10.9. The third-order valence-corrected chi connectivity index (χ3v) is 2.78. The fourth-order valence-corrected chi connectivity index (χ4v) is 1.70. The molecule has 2 N–H and O–H groups in total. The van der Waals surface area contributed by atoms with Crippen LogP contribution in [0.4, 0.5) is 0 Å². The highest BCUT2D eigenvalue weighted by molar-refractivity contribution is 5.73. The maximum absolute atomic E-state index is 10.9. The van der Waals surface area contributed by atoms with E-state index in [1.807, 2.05) is 13.8 Å². The van der Waals surface area contributed by atoms with Gasteiger partial charge >= 0.3 is 5.97 Å². The summed E-state index contributed by atoms with van der Waals surface area (Å²) in [5.74, 6) is -0.644. The first-order valence-electron chi connectivity index (χ1n) is 5.06. The van der Waals surface area contributed by atoms with E-state index in [4.69, 9.17) is 9.84 Å². The highest BCUT2D eigenvalue weighted by Crippen LogP contribution is 2.23. The van der Waals surface area contributed by atoms with E-state index in [0.717, 1.165) is 12.8 Å². The van der Waals surface area contributed by atoms with Crippen LogP contribution in [0.5, 0.6) is 0 Å².